The van der Waals surface area contributed by atoms with Crippen LogP contribution < -0.4 is 11.5 Å². The van der Waals surface area contributed by atoms with Crippen LogP contribution in [0.4, 0.5) is 5.95 Å². The molecule has 0 aliphatic rings. The highest BCUT2D eigenvalue weighted by Crippen LogP contribution is 2.30. The Hall–Kier alpha value is -1.46. The minimum atomic E-state index is -0.600. The van der Waals surface area contributed by atoms with E-state index in [-0.39, 0.29) is 5.95 Å². The molecule has 0 spiro atoms. The number of primary amides is 1. The third kappa shape index (κ3) is 1.92. The number of nitrogens with zero attached hydrogens (tertiary/aromatic N) is 2. The van der Waals surface area contributed by atoms with Crippen molar-refractivity contribution >= 4 is 46.1 Å². The van der Waals surface area contributed by atoms with Crippen molar-refractivity contribution in [3.8, 4) is 0 Å². The second kappa shape index (κ2) is 4.09. The summed E-state index contributed by atoms with van der Waals surface area (Å²) in [6.07, 6.45) is 0. The fourth-order valence-electron chi connectivity index (χ4n) is 1.64. The van der Waals surface area contributed by atoms with E-state index < -0.39 is 11.9 Å². The van der Waals surface area contributed by atoms with E-state index in [2.05, 4.69) is 4.98 Å². The topological polar surface area (TPSA) is 86.9 Å². The molecular formula is C10H10Cl2N4O. The summed E-state index contributed by atoms with van der Waals surface area (Å²) in [6.45, 7) is 1.64. The molecule has 90 valence electrons. The van der Waals surface area contributed by atoms with E-state index in [1.807, 2.05) is 0 Å². The van der Waals surface area contributed by atoms with Crippen molar-refractivity contribution in [1.29, 1.82) is 0 Å². The number of carbonyl (C=O) groups is 1. The highest BCUT2D eigenvalue weighted by molar-refractivity contribution is 6.42. The lowest BCUT2D eigenvalue weighted by molar-refractivity contribution is -0.120. The van der Waals surface area contributed by atoms with Crippen molar-refractivity contribution in [3.05, 3.63) is 22.2 Å². The van der Waals surface area contributed by atoms with E-state index in [4.69, 9.17) is 34.7 Å². The van der Waals surface area contributed by atoms with Crippen LogP contribution >= 0.6 is 23.2 Å². The van der Waals surface area contributed by atoms with Gasteiger partial charge < -0.3 is 11.5 Å². The van der Waals surface area contributed by atoms with Crippen LogP contribution in [-0.2, 0) is 4.79 Å². The molecule has 17 heavy (non-hydrogen) atoms. The van der Waals surface area contributed by atoms with Crippen LogP contribution in [0.5, 0.6) is 0 Å². The number of rotatable bonds is 2. The van der Waals surface area contributed by atoms with Gasteiger partial charge in [-0.25, -0.2) is 4.98 Å². The standard InChI is InChI=1S/C10H10Cl2N4O/c1-4(9(13)17)16-8-3-6(12)5(11)2-7(8)15-10(16)14/h2-4H,1H3,(H2,13,17)(H2,14,15)/t4-/m0/s1. The van der Waals surface area contributed by atoms with Gasteiger partial charge in [-0.3, -0.25) is 9.36 Å². The maximum atomic E-state index is 11.2. The van der Waals surface area contributed by atoms with Crippen LogP contribution in [0.15, 0.2) is 12.1 Å². The Balaban J connectivity index is 2.75. The third-order valence-electron chi connectivity index (χ3n) is 2.56. The number of hydrogen-bond acceptors (Lipinski definition) is 3. The first-order valence-electron chi connectivity index (χ1n) is 4.83. The highest BCUT2D eigenvalue weighted by Gasteiger charge is 2.19. The molecule has 1 atom stereocenters. The average molecular weight is 273 g/mol. The normalized spacial score (nSPS) is 12.9. The molecule has 0 aliphatic carbocycles. The third-order valence-corrected chi connectivity index (χ3v) is 3.28. The molecule has 5 nitrogen and oxygen atoms in total. The van der Waals surface area contributed by atoms with Crippen LogP contribution in [0, 0.1) is 0 Å². The Labute approximate surface area is 107 Å². The summed E-state index contributed by atoms with van der Waals surface area (Å²) < 4.78 is 1.53. The zero-order chi connectivity index (χ0) is 12.7. The quantitative estimate of drug-likeness (QED) is 0.876. The van der Waals surface area contributed by atoms with E-state index in [1.165, 1.54) is 4.57 Å². The number of amides is 1. The number of fused-ring (bicyclic) bond motifs is 1. The molecule has 1 aromatic carbocycles. The predicted octanol–water partition coefficient (Wildman–Crippen LogP) is 1.97. The van der Waals surface area contributed by atoms with Gasteiger partial charge in [0.25, 0.3) is 0 Å². The van der Waals surface area contributed by atoms with E-state index in [1.54, 1.807) is 19.1 Å². The van der Waals surface area contributed by atoms with Crippen LogP contribution in [0.1, 0.15) is 13.0 Å². The summed E-state index contributed by atoms with van der Waals surface area (Å²) >= 11 is 11.8. The maximum absolute atomic E-state index is 11.2. The van der Waals surface area contributed by atoms with Gasteiger partial charge in [-0.1, -0.05) is 23.2 Å². The number of nitrogen functional groups attached to an aromatic ring is 1. The van der Waals surface area contributed by atoms with Gasteiger partial charge in [-0.2, -0.15) is 0 Å². The molecule has 0 radical (unpaired) electrons. The van der Waals surface area contributed by atoms with Gasteiger partial charge in [-0.15, -0.1) is 0 Å². The summed E-state index contributed by atoms with van der Waals surface area (Å²) in [4.78, 5) is 15.3. The van der Waals surface area contributed by atoms with Crippen molar-refractivity contribution in [3.63, 3.8) is 0 Å². The number of hydrogen-bond donors (Lipinski definition) is 2. The zero-order valence-electron chi connectivity index (χ0n) is 8.95. The molecule has 0 saturated heterocycles. The molecule has 0 unspecified atom stereocenters. The second-order valence-corrected chi connectivity index (χ2v) is 4.49. The lowest BCUT2D eigenvalue weighted by Crippen LogP contribution is -2.24. The van der Waals surface area contributed by atoms with Gasteiger partial charge in [0.2, 0.25) is 11.9 Å². The molecule has 1 amide bonds. The van der Waals surface area contributed by atoms with Crippen molar-refractivity contribution in [1.82, 2.24) is 9.55 Å². The largest absolute Gasteiger partial charge is 0.369 e. The SMILES string of the molecule is C[C@@H](C(N)=O)n1c(N)nc2cc(Cl)c(Cl)cc21. The molecule has 1 heterocycles. The molecule has 4 N–H and O–H groups in total. The lowest BCUT2D eigenvalue weighted by atomic mass is 10.2. The summed E-state index contributed by atoms with van der Waals surface area (Å²) in [7, 11) is 0. The predicted molar refractivity (Wildman–Crippen MR) is 68.1 cm³/mol. The summed E-state index contributed by atoms with van der Waals surface area (Å²) in [5.74, 6) is -0.299. The minimum Gasteiger partial charge on any atom is -0.369 e. The summed E-state index contributed by atoms with van der Waals surface area (Å²) in [5, 5.41) is 0.757. The Morgan fingerprint density at radius 1 is 1.41 bits per heavy atom. The molecule has 0 aliphatic heterocycles. The van der Waals surface area contributed by atoms with Crippen molar-refractivity contribution in [2.24, 2.45) is 5.73 Å². The van der Waals surface area contributed by atoms with Crippen LogP contribution in [0.25, 0.3) is 11.0 Å². The molecule has 0 fully saturated rings. The average Bonchev–Trinajstić information content (AvgIpc) is 2.53. The lowest BCUT2D eigenvalue weighted by Gasteiger charge is -2.12. The van der Waals surface area contributed by atoms with E-state index in [9.17, 15) is 4.79 Å². The first kappa shape index (κ1) is 12.0. The van der Waals surface area contributed by atoms with Gasteiger partial charge in [0.1, 0.15) is 6.04 Å². The van der Waals surface area contributed by atoms with E-state index in [0.717, 1.165) is 0 Å². The van der Waals surface area contributed by atoms with Gasteiger partial charge in [-0.05, 0) is 19.1 Å². The Morgan fingerprint density at radius 2 is 2.00 bits per heavy atom. The monoisotopic (exact) mass is 272 g/mol. The highest BCUT2D eigenvalue weighted by atomic mass is 35.5. The first-order chi connectivity index (χ1) is 7.91. The van der Waals surface area contributed by atoms with Gasteiger partial charge >= 0.3 is 0 Å². The van der Waals surface area contributed by atoms with Gasteiger partial charge in [0, 0.05) is 0 Å². The number of carbonyl (C=O) groups excluding carboxylic acids is 1. The van der Waals surface area contributed by atoms with E-state index in [0.29, 0.717) is 21.1 Å². The van der Waals surface area contributed by atoms with Crippen molar-refractivity contribution < 1.29 is 4.79 Å². The minimum absolute atomic E-state index is 0.199. The van der Waals surface area contributed by atoms with Crippen molar-refractivity contribution in [2.45, 2.75) is 13.0 Å². The zero-order valence-corrected chi connectivity index (χ0v) is 10.5. The Kier molecular flexibility index (Phi) is 2.89. The molecular weight excluding hydrogens is 263 g/mol. The molecule has 0 saturated carbocycles. The molecule has 1 aromatic heterocycles. The molecule has 2 aromatic rings. The van der Waals surface area contributed by atoms with Crippen LogP contribution in [-0.4, -0.2) is 15.5 Å². The number of aromatic nitrogens is 2. The molecule has 0 bridgehead atoms. The summed E-state index contributed by atoms with van der Waals surface area (Å²) in [5.41, 5.74) is 12.2. The first-order valence-corrected chi connectivity index (χ1v) is 5.59. The fourth-order valence-corrected chi connectivity index (χ4v) is 1.96. The van der Waals surface area contributed by atoms with Crippen molar-refractivity contribution in [2.75, 3.05) is 5.73 Å². The second-order valence-electron chi connectivity index (χ2n) is 3.67. The maximum Gasteiger partial charge on any atom is 0.240 e. The molecule has 2 rings (SSSR count). The van der Waals surface area contributed by atoms with Crippen LogP contribution in [0.3, 0.4) is 0 Å². The van der Waals surface area contributed by atoms with E-state index >= 15 is 0 Å². The number of imidazole rings is 1. The fraction of sp³-hybridized carbons (Fsp3) is 0.200. The molecule has 7 heteroatoms. The van der Waals surface area contributed by atoms with Crippen LogP contribution in [0.2, 0.25) is 10.0 Å². The number of benzene rings is 1. The summed E-state index contributed by atoms with van der Waals surface area (Å²) in [6, 6.07) is 2.61. The van der Waals surface area contributed by atoms with Gasteiger partial charge in [0.05, 0.1) is 21.1 Å². The Bertz CT molecular complexity index is 608. The smallest absolute Gasteiger partial charge is 0.240 e. The number of nitrogens with two attached hydrogens (primary N) is 2. The number of halogens is 2. The number of anilines is 1. The Morgan fingerprint density at radius 3 is 2.59 bits per heavy atom. The van der Waals surface area contributed by atoms with Gasteiger partial charge in [0.15, 0.2) is 0 Å².